The number of amides is 2. The number of benzene rings is 1. The van der Waals surface area contributed by atoms with Crippen LogP contribution in [0.25, 0.3) is 11.3 Å². The number of carbonyl (C=O) groups is 2. The Morgan fingerprint density at radius 2 is 1.88 bits per heavy atom. The van der Waals surface area contributed by atoms with Crippen molar-refractivity contribution in [2.45, 2.75) is 58.7 Å². The molecule has 1 aliphatic rings. The molecule has 3 heterocycles. The lowest BCUT2D eigenvalue weighted by molar-refractivity contribution is 0.0497. The Kier molecular flexibility index (Phi) is 9.22. The van der Waals surface area contributed by atoms with Crippen LogP contribution < -0.4 is 15.0 Å². The minimum Gasteiger partial charge on any atom is -0.465 e. The van der Waals surface area contributed by atoms with Gasteiger partial charge >= 0.3 is 12.2 Å². The van der Waals surface area contributed by atoms with Gasteiger partial charge in [0.05, 0.1) is 11.9 Å². The summed E-state index contributed by atoms with van der Waals surface area (Å²) in [5.41, 5.74) is 2.60. The highest BCUT2D eigenvalue weighted by Gasteiger charge is 2.24. The summed E-state index contributed by atoms with van der Waals surface area (Å²) >= 11 is 6.29. The number of pyridine rings is 2. The zero-order valence-electron chi connectivity index (χ0n) is 24.0. The van der Waals surface area contributed by atoms with E-state index in [0.29, 0.717) is 22.3 Å². The maximum atomic E-state index is 12.1. The van der Waals surface area contributed by atoms with Gasteiger partial charge in [0, 0.05) is 49.4 Å². The molecule has 41 heavy (non-hydrogen) atoms. The van der Waals surface area contributed by atoms with E-state index >= 15 is 0 Å². The molecule has 11 heteroatoms. The summed E-state index contributed by atoms with van der Waals surface area (Å²) in [4.78, 5) is 36.1. The first kappa shape index (κ1) is 29.9. The van der Waals surface area contributed by atoms with Gasteiger partial charge in [-0.25, -0.2) is 19.6 Å². The second kappa shape index (κ2) is 12.6. The monoisotopic (exact) mass is 581 g/mol. The summed E-state index contributed by atoms with van der Waals surface area (Å²) in [5.74, 6) is 1.63. The molecule has 0 saturated carbocycles. The molecule has 1 saturated heterocycles. The van der Waals surface area contributed by atoms with Crippen molar-refractivity contribution in [1.82, 2.24) is 20.2 Å². The SMILES string of the molecule is Cc1cc(Cl)cc(-c2cc(CN(C)C(=O)O)cc(Oc3ccc(N4CCC(NC(=O)OC(C)(C)C)CC4)nc3)n2)c1. The molecule has 2 N–H and O–H groups in total. The Morgan fingerprint density at radius 3 is 2.49 bits per heavy atom. The quantitative estimate of drug-likeness (QED) is 0.325. The number of piperidine rings is 1. The van der Waals surface area contributed by atoms with Gasteiger partial charge in [-0.1, -0.05) is 11.6 Å². The van der Waals surface area contributed by atoms with Crippen molar-refractivity contribution in [2.24, 2.45) is 0 Å². The highest BCUT2D eigenvalue weighted by Crippen LogP contribution is 2.29. The fraction of sp³-hybridized carbons (Fsp3) is 0.400. The number of rotatable bonds is 7. The molecule has 2 aromatic heterocycles. The number of alkyl carbamates (subject to hydrolysis) is 1. The van der Waals surface area contributed by atoms with Crippen LogP contribution in [0, 0.1) is 6.92 Å². The van der Waals surface area contributed by atoms with Gasteiger partial charge < -0.3 is 29.7 Å². The van der Waals surface area contributed by atoms with Crippen molar-refractivity contribution < 1.29 is 24.2 Å². The van der Waals surface area contributed by atoms with Gasteiger partial charge in [0.2, 0.25) is 5.88 Å². The largest absolute Gasteiger partial charge is 0.465 e. The molecule has 1 aromatic carbocycles. The van der Waals surface area contributed by atoms with Crippen LogP contribution in [0.3, 0.4) is 0 Å². The molecule has 0 bridgehead atoms. The predicted octanol–water partition coefficient (Wildman–Crippen LogP) is 6.50. The number of ether oxygens (including phenoxy) is 2. The van der Waals surface area contributed by atoms with E-state index in [4.69, 9.17) is 21.1 Å². The van der Waals surface area contributed by atoms with E-state index < -0.39 is 17.8 Å². The fourth-order valence-electron chi connectivity index (χ4n) is 4.54. The van der Waals surface area contributed by atoms with Crippen molar-refractivity contribution in [3.63, 3.8) is 0 Å². The molecule has 10 nitrogen and oxygen atoms in total. The smallest absolute Gasteiger partial charge is 0.407 e. The van der Waals surface area contributed by atoms with Gasteiger partial charge in [-0.05, 0) is 88.1 Å². The second-order valence-corrected chi connectivity index (χ2v) is 11.7. The summed E-state index contributed by atoms with van der Waals surface area (Å²) in [6.45, 7) is 9.14. The van der Waals surface area contributed by atoms with E-state index in [-0.39, 0.29) is 12.6 Å². The van der Waals surface area contributed by atoms with Crippen molar-refractivity contribution >= 4 is 29.6 Å². The number of aryl methyl sites for hydroxylation is 1. The Morgan fingerprint density at radius 1 is 1.15 bits per heavy atom. The van der Waals surface area contributed by atoms with Crippen molar-refractivity contribution in [3.05, 3.63) is 64.8 Å². The van der Waals surface area contributed by atoms with Gasteiger partial charge in [-0.3, -0.25) is 0 Å². The molecule has 0 atom stereocenters. The molecule has 4 rings (SSSR count). The van der Waals surface area contributed by atoms with Crippen LogP contribution in [0.4, 0.5) is 15.4 Å². The number of carboxylic acid groups (broad SMARTS) is 1. The summed E-state index contributed by atoms with van der Waals surface area (Å²) in [6, 6.07) is 13.0. The Balaban J connectivity index is 1.45. The molecular formula is C30H36ClN5O5. The second-order valence-electron chi connectivity index (χ2n) is 11.2. The minimum absolute atomic E-state index is 0.0553. The average molecular weight is 582 g/mol. The number of carbonyl (C=O) groups excluding carboxylic acids is 1. The van der Waals surface area contributed by atoms with Gasteiger partial charge in [0.1, 0.15) is 17.2 Å². The predicted molar refractivity (Wildman–Crippen MR) is 158 cm³/mol. The summed E-state index contributed by atoms with van der Waals surface area (Å²) in [5, 5.41) is 12.9. The Hall–Kier alpha value is -4.05. The number of hydrogen-bond acceptors (Lipinski definition) is 7. The molecule has 0 aliphatic carbocycles. The molecule has 218 valence electrons. The van der Waals surface area contributed by atoms with E-state index in [0.717, 1.165) is 48.4 Å². The lowest BCUT2D eigenvalue weighted by Crippen LogP contribution is -2.46. The average Bonchev–Trinajstić information content (AvgIpc) is 2.88. The molecule has 2 amide bonds. The van der Waals surface area contributed by atoms with Crippen LogP contribution in [0.2, 0.25) is 5.02 Å². The van der Waals surface area contributed by atoms with Crippen molar-refractivity contribution in [1.29, 1.82) is 0 Å². The zero-order chi connectivity index (χ0) is 29.7. The third kappa shape index (κ3) is 8.72. The molecule has 0 unspecified atom stereocenters. The highest BCUT2D eigenvalue weighted by atomic mass is 35.5. The summed E-state index contributed by atoms with van der Waals surface area (Å²) in [6.07, 6.45) is 1.78. The third-order valence-electron chi connectivity index (χ3n) is 6.43. The Labute approximate surface area is 245 Å². The third-order valence-corrected chi connectivity index (χ3v) is 6.65. The lowest BCUT2D eigenvalue weighted by Gasteiger charge is -2.33. The molecule has 1 fully saturated rings. The number of nitrogens with zero attached hydrogens (tertiary/aromatic N) is 4. The van der Waals surface area contributed by atoms with Crippen molar-refractivity contribution in [2.75, 3.05) is 25.0 Å². The topological polar surface area (TPSA) is 117 Å². The van der Waals surface area contributed by atoms with E-state index in [1.807, 2.05) is 64.1 Å². The maximum absolute atomic E-state index is 12.1. The first-order valence-electron chi connectivity index (χ1n) is 13.5. The minimum atomic E-state index is -1.03. The van der Waals surface area contributed by atoms with Crippen molar-refractivity contribution in [3.8, 4) is 22.9 Å². The summed E-state index contributed by atoms with van der Waals surface area (Å²) < 4.78 is 11.4. The van der Waals surface area contributed by atoms with Gasteiger partial charge in [-0.2, -0.15) is 0 Å². The maximum Gasteiger partial charge on any atom is 0.407 e. The number of nitrogens with one attached hydrogen (secondary N) is 1. The van der Waals surface area contributed by atoms with Gasteiger partial charge in [0.25, 0.3) is 0 Å². The summed E-state index contributed by atoms with van der Waals surface area (Å²) in [7, 11) is 1.51. The molecular weight excluding hydrogens is 546 g/mol. The Bertz CT molecular complexity index is 1360. The van der Waals surface area contributed by atoms with Gasteiger partial charge in [-0.15, -0.1) is 0 Å². The van der Waals surface area contributed by atoms with Gasteiger partial charge in [0.15, 0.2) is 0 Å². The first-order chi connectivity index (χ1) is 19.3. The molecule has 1 aliphatic heterocycles. The van der Waals surface area contributed by atoms with E-state index in [9.17, 15) is 14.7 Å². The van der Waals surface area contributed by atoms with Crippen LogP contribution >= 0.6 is 11.6 Å². The van der Waals surface area contributed by atoms with E-state index in [2.05, 4.69) is 20.2 Å². The normalized spacial score (nSPS) is 14.0. The highest BCUT2D eigenvalue weighted by molar-refractivity contribution is 6.30. The number of hydrogen-bond donors (Lipinski definition) is 2. The van der Waals surface area contributed by atoms with Crippen LogP contribution in [0.15, 0.2) is 48.7 Å². The molecule has 0 spiro atoms. The van der Waals surface area contributed by atoms with E-state index in [1.54, 1.807) is 12.3 Å². The fourth-order valence-corrected chi connectivity index (χ4v) is 4.83. The number of aromatic nitrogens is 2. The lowest BCUT2D eigenvalue weighted by atomic mass is 10.1. The number of anilines is 1. The number of halogens is 1. The zero-order valence-corrected chi connectivity index (χ0v) is 24.7. The first-order valence-corrected chi connectivity index (χ1v) is 13.8. The van der Waals surface area contributed by atoms with E-state index in [1.165, 1.54) is 11.9 Å². The molecule has 3 aromatic rings. The van der Waals surface area contributed by atoms with Crippen LogP contribution in [-0.4, -0.2) is 63.9 Å². The molecule has 0 radical (unpaired) electrons. The van der Waals surface area contributed by atoms with Crippen LogP contribution in [0.5, 0.6) is 11.6 Å². The van der Waals surface area contributed by atoms with Crippen LogP contribution in [-0.2, 0) is 11.3 Å². The van der Waals surface area contributed by atoms with Crippen LogP contribution in [0.1, 0.15) is 44.7 Å². The standard InChI is InChI=1S/C30H36ClN5O5/c1-19-12-21(16-22(31)13-19)25-14-20(18-35(5)29(38)39)15-27(34-25)40-24-6-7-26(32-17-24)36-10-8-23(9-11-36)33-28(37)41-30(2,3)4/h6-7,12-17,23H,8-11,18H2,1-5H3,(H,33,37)(H,38,39).